The number of carbonyl (C=O) groups is 2. The van der Waals surface area contributed by atoms with Crippen molar-refractivity contribution in [3.05, 3.63) is 0 Å². The molecule has 0 aromatic rings. The number of nitrogens with zero attached hydrogens (tertiary/aromatic N) is 1. The van der Waals surface area contributed by atoms with Gasteiger partial charge in [-0.3, -0.25) is 9.59 Å². The second-order valence-electron chi connectivity index (χ2n) is 7.43. The van der Waals surface area contributed by atoms with E-state index in [1.165, 1.54) is 0 Å². The summed E-state index contributed by atoms with van der Waals surface area (Å²) in [7, 11) is 0. The van der Waals surface area contributed by atoms with Gasteiger partial charge in [0.05, 0.1) is 5.41 Å². The quantitative estimate of drug-likeness (QED) is 0.869. The van der Waals surface area contributed by atoms with Crippen LogP contribution in [0.4, 0.5) is 0 Å². The van der Waals surface area contributed by atoms with Gasteiger partial charge in [0.2, 0.25) is 5.91 Å². The molecule has 2 aliphatic rings. The molecule has 1 aliphatic carbocycles. The number of carboxylic acids is 1. The molecule has 1 amide bonds. The summed E-state index contributed by atoms with van der Waals surface area (Å²) in [4.78, 5) is 26.4. The highest BCUT2D eigenvalue weighted by Crippen LogP contribution is 2.41. The Morgan fingerprint density at radius 1 is 1.14 bits per heavy atom. The maximum atomic E-state index is 12.7. The molecule has 3 atom stereocenters. The van der Waals surface area contributed by atoms with Gasteiger partial charge in [-0.25, -0.2) is 0 Å². The third kappa shape index (κ3) is 3.41. The molecule has 21 heavy (non-hydrogen) atoms. The first-order valence-electron chi connectivity index (χ1n) is 8.38. The van der Waals surface area contributed by atoms with Crippen LogP contribution in [-0.2, 0) is 9.59 Å². The number of aliphatic carboxylic acids is 1. The van der Waals surface area contributed by atoms with Crippen molar-refractivity contribution >= 4 is 11.9 Å². The Bertz CT molecular complexity index is 401. The van der Waals surface area contributed by atoms with Gasteiger partial charge in [0, 0.05) is 19.0 Å². The Morgan fingerprint density at radius 2 is 1.76 bits per heavy atom. The summed E-state index contributed by atoms with van der Waals surface area (Å²) >= 11 is 0. The third-order valence-corrected chi connectivity index (χ3v) is 5.67. The van der Waals surface area contributed by atoms with E-state index in [-0.39, 0.29) is 18.4 Å². The van der Waals surface area contributed by atoms with Gasteiger partial charge in [-0.15, -0.1) is 0 Å². The molecule has 0 aromatic heterocycles. The largest absolute Gasteiger partial charge is 0.481 e. The SMILES string of the molecule is CC1CC(C)C(C)N(C(=O)CC2(C(=O)O)CCCCC2)C1. The molecule has 1 N–H and O–H groups in total. The average Bonchev–Trinajstić information content (AvgIpc) is 2.43. The average molecular weight is 295 g/mol. The molecular formula is C17H29NO3. The van der Waals surface area contributed by atoms with Crippen molar-refractivity contribution in [1.82, 2.24) is 4.90 Å². The van der Waals surface area contributed by atoms with E-state index in [0.29, 0.717) is 24.7 Å². The number of amides is 1. The van der Waals surface area contributed by atoms with Crippen molar-refractivity contribution in [3.63, 3.8) is 0 Å². The first-order chi connectivity index (χ1) is 9.85. The van der Waals surface area contributed by atoms with Gasteiger partial charge in [-0.05, 0) is 38.0 Å². The number of hydrogen-bond acceptors (Lipinski definition) is 2. The minimum absolute atomic E-state index is 0.0465. The minimum Gasteiger partial charge on any atom is -0.481 e. The molecule has 0 radical (unpaired) electrons. The molecule has 2 fully saturated rings. The number of piperidine rings is 1. The highest BCUT2D eigenvalue weighted by Gasteiger charge is 2.43. The molecule has 3 unspecified atom stereocenters. The fourth-order valence-electron chi connectivity index (χ4n) is 4.13. The molecule has 0 spiro atoms. The van der Waals surface area contributed by atoms with Crippen LogP contribution in [0.3, 0.4) is 0 Å². The molecule has 1 saturated heterocycles. The van der Waals surface area contributed by atoms with Crippen molar-refractivity contribution in [2.24, 2.45) is 17.3 Å². The predicted molar refractivity (Wildman–Crippen MR) is 81.9 cm³/mol. The highest BCUT2D eigenvalue weighted by molar-refractivity contribution is 5.85. The number of likely N-dealkylation sites (tertiary alicyclic amines) is 1. The lowest BCUT2D eigenvalue weighted by atomic mass is 9.71. The molecule has 0 bridgehead atoms. The van der Waals surface area contributed by atoms with Crippen molar-refractivity contribution in [2.75, 3.05) is 6.54 Å². The molecule has 1 aliphatic heterocycles. The van der Waals surface area contributed by atoms with E-state index >= 15 is 0 Å². The lowest BCUT2D eigenvalue weighted by molar-refractivity contribution is -0.157. The van der Waals surface area contributed by atoms with Gasteiger partial charge in [0.15, 0.2) is 0 Å². The lowest BCUT2D eigenvalue weighted by Gasteiger charge is -2.43. The van der Waals surface area contributed by atoms with Crippen LogP contribution in [0.25, 0.3) is 0 Å². The fraction of sp³-hybridized carbons (Fsp3) is 0.882. The fourth-order valence-corrected chi connectivity index (χ4v) is 4.13. The molecular weight excluding hydrogens is 266 g/mol. The van der Waals surface area contributed by atoms with E-state index in [9.17, 15) is 14.7 Å². The standard InChI is InChI=1S/C17H29NO3/c1-12-9-13(2)14(3)18(11-12)15(19)10-17(16(20)21)7-5-4-6-8-17/h12-14H,4-11H2,1-3H3,(H,20,21). The smallest absolute Gasteiger partial charge is 0.310 e. The molecule has 4 nitrogen and oxygen atoms in total. The number of carbonyl (C=O) groups excluding carboxylic acids is 1. The Morgan fingerprint density at radius 3 is 2.33 bits per heavy atom. The third-order valence-electron chi connectivity index (χ3n) is 5.67. The summed E-state index contributed by atoms with van der Waals surface area (Å²) in [6, 6.07) is 0.225. The summed E-state index contributed by atoms with van der Waals surface area (Å²) in [5, 5.41) is 9.64. The molecule has 2 rings (SSSR count). The zero-order chi connectivity index (χ0) is 15.6. The predicted octanol–water partition coefficient (Wildman–Crippen LogP) is 3.30. The van der Waals surface area contributed by atoms with Gasteiger partial charge in [-0.1, -0.05) is 33.1 Å². The van der Waals surface area contributed by atoms with Gasteiger partial charge in [-0.2, -0.15) is 0 Å². The van der Waals surface area contributed by atoms with Crippen LogP contribution in [0, 0.1) is 17.3 Å². The van der Waals surface area contributed by atoms with Crippen LogP contribution >= 0.6 is 0 Å². The van der Waals surface area contributed by atoms with Crippen molar-refractivity contribution in [2.45, 2.75) is 71.8 Å². The van der Waals surface area contributed by atoms with Crippen LogP contribution in [0.1, 0.15) is 65.7 Å². The van der Waals surface area contributed by atoms with E-state index in [1.54, 1.807) is 0 Å². The van der Waals surface area contributed by atoms with E-state index in [0.717, 1.165) is 32.2 Å². The van der Waals surface area contributed by atoms with Gasteiger partial charge < -0.3 is 10.0 Å². The molecule has 1 heterocycles. The maximum absolute atomic E-state index is 12.7. The van der Waals surface area contributed by atoms with Crippen LogP contribution < -0.4 is 0 Å². The molecule has 1 saturated carbocycles. The summed E-state index contributed by atoms with van der Waals surface area (Å²) < 4.78 is 0. The summed E-state index contributed by atoms with van der Waals surface area (Å²) in [6.45, 7) is 7.24. The second-order valence-corrected chi connectivity index (χ2v) is 7.43. The monoisotopic (exact) mass is 295 g/mol. The Labute approximate surface area is 127 Å². The molecule has 4 heteroatoms. The normalized spacial score (nSPS) is 32.7. The summed E-state index contributed by atoms with van der Waals surface area (Å²) in [5.74, 6) is 0.267. The summed E-state index contributed by atoms with van der Waals surface area (Å²) in [6.07, 6.45) is 5.60. The first kappa shape index (κ1) is 16.3. The Balaban J connectivity index is 2.09. The van der Waals surface area contributed by atoms with E-state index in [4.69, 9.17) is 0 Å². The second kappa shape index (κ2) is 6.37. The Kier molecular flexibility index (Phi) is 4.95. The minimum atomic E-state index is -0.807. The Hall–Kier alpha value is -1.06. The van der Waals surface area contributed by atoms with Crippen molar-refractivity contribution < 1.29 is 14.7 Å². The number of hydrogen-bond donors (Lipinski definition) is 1. The van der Waals surface area contributed by atoms with Crippen LogP contribution in [0.2, 0.25) is 0 Å². The zero-order valence-corrected chi connectivity index (χ0v) is 13.6. The van der Waals surface area contributed by atoms with Crippen LogP contribution in [-0.4, -0.2) is 34.5 Å². The highest BCUT2D eigenvalue weighted by atomic mass is 16.4. The van der Waals surface area contributed by atoms with Gasteiger partial charge in [0.25, 0.3) is 0 Å². The van der Waals surface area contributed by atoms with Gasteiger partial charge >= 0.3 is 5.97 Å². The zero-order valence-electron chi connectivity index (χ0n) is 13.6. The lowest BCUT2D eigenvalue weighted by Crippen LogP contribution is -2.51. The molecule has 0 aromatic carbocycles. The van der Waals surface area contributed by atoms with Crippen molar-refractivity contribution in [3.8, 4) is 0 Å². The number of rotatable bonds is 3. The number of carboxylic acid groups (broad SMARTS) is 1. The first-order valence-corrected chi connectivity index (χ1v) is 8.38. The van der Waals surface area contributed by atoms with Crippen molar-refractivity contribution in [1.29, 1.82) is 0 Å². The molecule has 120 valence electrons. The van der Waals surface area contributed by atoms with E-state index in [1.807, 2.05) is 4.90 Å². The maximum Gasteiger partial charge on any atom is 0.310 e. The van der Waals surface area contributed by atoms with E-state index < -0.39 is 11.4 Å². The van der Waals surface area contributed by atoms with Gasteiger partial charge in [0.1, 0.15) is 0 Å². The van der Waals surface area contributed by atoms with Crippen LogP contribution in [0.5, 0.6) is 0 Å². The van der Waals surface area contributed by atoms with Crippen LogP contribution in [0.15, 0.2) is 0 Å². The topological polar surface area (TPSA) is 57.6 Å². The summed E-state index contributed by atoms with van der Waals surface area (Å²) in [5.41, 5.74) is -0.807. The van der Waals surface area contributed by atoms with E-state index in [2.05, 4.69) is 20.8 Å².